The molecule has 88 valence electrons. The summed E-state index contributed by atoms with van der Waals surface area (Å²) in [4.78, 5) is 3.44. The lowest BCUT2D eigenvalue weighted by Crippen LogP contribution is -2.00. The molecular formula is C12H8BrF2NO. The predicted molar refractivity (Wildman–Crippen MR) is 62.6 cm³/mol. The number of nitrogens with zero attached hydrogens (tertiary/aromatic N) is 1. The lowest BCUT2D eigenvalue weighted by atomic mass is 10.2. The van der Waals surface area contributed by atoms with Crippen molar-refractivity contribution < 1.29 is 13.5 Å². The van der Waals surface area contributed by atoms with Crippen LogP contribution >= 0.6 is 15.9 Å². The van der Waals surface area contributed by atoms with Gasteiger partial charge in [0.05, 0.1) is 0 Å². The number of hydrogen-bond donors (Lipinski definition) is 0. The zero-order valence-corrected chi connectivity index (χ0v) is 10.2. The van der Waals surface area contributed by atoms with E-state index in [1.807, 2.05) is 0 Å². The van der Waals surface area contributed by atoms with Crippen LogP contribution in [0.2, 0.25) is 0 Å². The second-order valence-corrected chi connectivity index (χ2v) is 4.23. The molecule has 2 nitrogen and oxygen atoms in total. The Bertz CT molecular complexity index is 534. The van der Waals surface area contributed by atoms with Crippen LogP contribution in [0.1, 0.15) is 5.56 Å². The first-order chi connectivity index (χ1) is 8.16. The lowest BCUT2D eigenvalue weighted by molar-refractivity contribution is 0.280. The molecule has 17 heavy (non-hydrogen) atoms. The van der Waals surface area contributed by atoms with E-state index in [4.69, 9.17) is 4.74 Å². The second-order valence-electron chi connectivity index (χ2n) is 3.32. The molecule has 1 aromatic carbocycles. The Morgan fingerprint density at radius 2 is 2.06 bits per heavy atom. The van der Waals surface area contributed by atoms with Gasteiger partial charge in [-0.15, -0.1) is 0 Å². The van der Waals surface area contributed by atoms with E-state index in [-0.39, 0.29) is 12.4 Å². The van der Waals surface area contributed by atoms with Gasteiger partial charge < -0.3 is 4.74 Å². The number of rotatable bonds is 3. The zero-order chi connectivity index (χ0) is 12.3. The van der Waals surface area contributed by atoms with E-state index in [9.17, 15) is 8.78 Å². The van der Waals surface area contributed by atoms with Crippen molar-refractivity contribution in [3.8, 4) is 5.75 Å². The van der Waals surface area contributed by atoms with Gasteiger partial charge in [0.25, 0.3) is 5.95 Å². The molecule has 0 saturated carbocycles. The minimum Gasteiger partial charge on any atom is -0.484 e. The third kappa shape index (κ3) is 3.00. The number of benzene rings is 1. The van der Waals surface area contributed by atoms with Crippen LogP contribution in [0.25, 0.3) is 0 Å². The first-order valence-electron chi connectivity index (χ1n) is 4.84. The van der Waals surface area contributed by atoms with Crippen molar-refractivity contribution in [3.05, 3.63) is 58.3 Å². The number of ether oxygens (including phenoxy) is 1. The van der Waals surface area contributed by atoms with Gasteiger partial charge in [-0.05, 0) is 24.3 Å². The van der Waals surface area contributed by atoms with Crippen molar-refractivity contribution in [2.24, 2.45) is 0 Å². The van der Waals surface area contributed by atoms with E-state index in [1.54, 1.807) is 18.2 Å². The highest BCUT2D eigenvalue weighted by atomic mass is 79.9. The summed E-state index contributed by atoms with van der Waals surface area (Å²) < 4.78 is 32.3. The summed E-state index contributed by atoms with van der Waals surface area (Å²) in [6.45, 7) is -0.0400. The average Bonchev–Trinajstić information content (AvgIpc) is 2.30. The first-order valence-corrected chi connectivity index (χ1v) is 5.63. The van der Waals surface area contributed by atoms with E-state index >= 15 is 0 Å². The second kappa shape index (κ2) is 5.23. The summed E-state index contributed by atoms with van der Waals surface area (Å²) in [6, 6.07) is 7.60. The van der Waals surface area contributed by atoms with Crippen molar-refractivity contribution in [2.45, 2.75) is 6.61 Å². The molecule has 0 aliphatic carbocycles. The largest absolute Gasteiger partial charge is 0.484 e. The van der Waals surface area contributed by atoms with E-state index < -0.39 is 11.8 Å². The molecule has 0 aliphatic heterocycles. The number of aromatic nitrogens is 1. The van der Waals surface area contributed by atoms with Gasteiger partial charge in [0.15, 0.2) is 5.75 Å². The molecule has 0 bridgehead atoms. The Balaban J connectivity index is 2.10. The highest BCUT2D eigenvalue weighted by Crippen LogP contribution is 2.19. The van der Waals surface area contributed by atoms with Crippen molar-refractivity contribution >= 4 is 15.9 Å². The van der Waals surface area contributed by atoms with Crippen LogP contribution < -0.4 is 4.74 Å². The average molecular weight is 300 g/mol. The quantitative estimate of drug-likeness (QED) is 0.806. The van der Waals surface area contributed by atoms with Gasteiger partial charge in [-0.1, -0.05) is 22.0 Å². The van der Waals surface area contributed by atoms with Crippen LogP contribution in [0.5, 0.6) is 5.75 Å². The Hall–Kier alpha value is -1.49. The smallest absolute Gasteiger partial charge is 0.255 e. The molecule has 0 spiro atoms. The van der Waals surface area contributed by atoms with Crippen LogP contribution in [-0.4, -0.2) is 4.98 Å². The minimum absolute atomic E-state index is 0.00909. The number of pyridine rings is 1. The normalized spacial score (nSPS) is 10.3. The highest BCUT2D eigenvalue weighted by Gasteiger charge is 2.06. The topological polar surface area (TPSA) is 22.1 Å². The summed E-state index contributed by atoms with van der Waals surface area (Å²) in [5, 5.41) is 0. The van der Waals surface area contributed by atoms with Gasteiger partial charge in [-0.3, -0.25) is 0 Å². The molecule has 1 aromatic heterocycles. The fourth-order valence-electron chi connectivity index (χ4n) is 1.27. The van der Waals surface area contributed by atoms with Gasteiger partial charge in [0.1, 0.15) is 12.4 Å². The Morgan fingerprint density at radius 1 is 1.24 bits per heavy atom. The molecule has 0 unspecified atom stereocenters. The molecule has 0 atom stereocenters. The summed E-state index contributed by atoms with van der Waals surface area (Å²) in [5.41, 5.74) is 0.358. The van der Waals surface area contributed by atoms with Gasteiger partial charge in [0.2, 0.25) is 0 Å². The van der Waals surface area contributed by atoms with Crippen LogP contribution in [0.3, 0.4) is 0 Å². The molecule has 0 amide bonds. The molecule has 1 heterocycles. The maximum atomic E-state index is 13.4. The number of halogens is 3. The molecular weight excluding hydrogens is 292 g/mol. The van der Waals surface area contributed by atoms with E-state index in [0.29, 0.717) is 10.0 Å². The summed E-state index contributed by atoms with van der Waals surface area (Å²) >= 11 is 3.15. The van der Waals surface area contributed by atoms with Gasteiger partial charge >= 0.3 is 0 Å². The van der Waals surface area contributed by atoms with Crippen molar-refractivity contribution in [1.29, 1.82) is 0 Å². The molecule has 5 heteroatoms. The first kappa shape index (κ1) is 12.0. The van der Waals surface area contributed by atoms with E-state index in [0.717, 1.165) is 0 Å². The highest BCUT2D eigenvalue weighted by molar-refractivity contribution is 9.10. The van der Waals surface area contributed by atoms with E-state index in [1.165, 1.54) is 18.3 Å². The Labute approximate surface area is 105 Å². The molecule has 0 radical (unpaired) electrons. The van der Waals surface area contributed by atoms with Gasteiger partial charge in [-0.25, -0.2) is 9.37 Å². The van der Waals surface area contributed by atoms with Gasteiger partial charge in [-0.2, -0.15) is 4.39 Å². The third-order valence-corrected chi connectivity index (χ3v) is 2.62. The molecule has 0 saturated heterocycles. The van der Waals surface area contributed by atoms with Gasteiger partial charge in [0, 0.05) is 16.2 Å². The molecule has 0 aliphatic rings. The summed E-state index contributed by atoms with van der Waals surface area (Å²) in [7, 11) is 0. The Morgan fingerprint density at radius 3 is 2.76 bits per heavy atom. The third-order valence-electron chi connectivity index (χ3n) is 2.12. The monoisotopic (exact) mass is 299 g/mol. The maximum absolute atomic E-state index is 13.4. The van der Waals surface area contributed by atoms with Crippen LogP contribution in [-0.2, 0) is 6.61 Å². The molecule has 2 rings (SSSR count). The minimum atomic E-state index is -0.704. The molecule has 0 fully saturated rings. The fourth-order valence-corrected chi connectivity index (χ4v) is 1.61. The standard InChI is InChI=1S/C12H8BrF2NO/c13-9-4-3-8(10(14)6-9)7-17-11-2-1-5-16-12(11)15/h1-6H,7H2. The van der Waals surface area contributed by atoms with Crippen molar-refractivity contribution in [2.75, 3.05) is 0 Å². The Kier molecular flexibility index (Phi) is 3.68. The summed E-state index contributed by atoms with van der Waals surface area (Å²) in [6.07, 6.45) is 1.32. The summed E-state index contributed by atoms with van der Waals surface area (Å²) in [5.74, 6) is -1.09. The van der Waals surface area contributed by atoms with Crippen LogP contribution in [0.15, 0.2) is 41.0 Å². The maximum Gasteiger partial charge on any atom is 0.255 e. The van der Waals surface area contributed by atoms with Crippen molar-refractivity contribution in [1.82, 2.24) is 4.98 Å². The van der Waals surface area contributed by atoms with E-state index in [2.05, 4.69) is 20.9 Å². The molecule has 2 aromatic rings. The molecule has 0 N–H and O–H groups in total. The SMILES string of the molecule is Fc1cc(Br)ccc1COc1cccnc1F. The van der Waals surface area contributed by atoms with Crippen LogP contribution in [0, 0.1) is 11.8 Å². The zero-order valence-electron chi connectivity index (χ0n) is 8.66. The number of hydrogen-bond acceptors (Lipinski definition) is 2. The van der Waals surface area contributed by atoms with Crippen LogP contribution in [0.4, 0.5) is 8.78 Å². The predicted octanol–water partition coefficient (Wildman–Crippen LogP) is 3.70. The van der Waals surface area contributed by atoms with Crippen molar-refractivity contribution in [3.63, 3.8) is 0 Å². The fraction of sp³-hybridized carbons (Fsp3) is 0.0833. The lowest BCUT2D eigenvalue weighted by Gasteiger charge is -2.07.